The van der Waals surface area contributed by atoms with Gasteiger partial charge in [0, 0.05) is 17.5 Å². The zero-order chi connectivity index (χ0) is 12.5. The van der Waals surface area contributed by atoms with E-state index in [1.165, 1.54) is 5.56 Å². The van der Waals surface area contributed by atoms with Crippen molar-refractivity contribution < 1.29 is 4.79 Å². The quantitative estimate of drug-likeness (QED) is 0.810. The van der Waals surface area contributed by atoms with Gasteiger partial charge < -0.3 is 5.32 Å². The molecule has 0 aliphatic carbocycles. The summed E-state index contributed by atoms with van der Waals surface area (Å²) in [4.78, 5) is 12.7. The van der Waals surface area contributed by atoms with Gasteiger partial charge in [-0.2, -0.15) is 0 Å². The average molecular weight is 231 g/mol. The number of hydrogen-bond acceptors (Lipinski definition) is 2. The van der Waals surface area contributed by atoms with Crippen molar-refractivity contribution in [3.05, 3.63) is 35.4 Å². The molecule has 1 aliphatic heterocycles. The number of aryl methyl sites for hydroxylation is 1. The van der Waals surface area contributed by atoms with Crippen molar-refractivity contribution in [1.82, 2.24) is 5.32 Å². The molecule has 1 aliphatic rings. The van der Waals surface area contributed by atoms with Crippen molar-refractivity contribution in [1.29, 1.82) is 0 Å². The van der Waals surface area contributed by atoms with Crippen LogP contribution in [0.5, 0.6) is 0 Å². The summed E-state index contributed by atoms with van der Waals surface area (Å²) in [6.07, 6.45) is 0.956. The zero-order valence-corrected chi connectivity index (χ0v) is 10.9. The van der Waals surface area contributed by atoms with Crippen LogP contribution >= 0.6 is 0 Å². The summed E-state index contributed by atoms with van der Waals surface area (Å²) in [7, 11) is 0. The Kier molecular flexibility index (Phi) is 3.34. The van der Waals surface area contributed by atoms with Crippen molar-refractivity contribution in [2.24, 2.45) is 11.3 Å². The molecule has 1 atom stereocenters. The van der Waals surface area contributed by atoms with Crippen LogP contribution in [0.25, 0.3) is 0 Å². The van der Waals surface area contributed by atoms with Crippen molar-refractivity contribution in [2.45, 2.75) is 27.2 Å². The van der Waals surface area contributed by atoms with Crippen LogP contribution in [0.3, 0.4) is 0 Å². The summed E-state index contributed by atoms with van der Waals surface area (Å²) < 4.78 is 0. The molecule has 1 aromatic rings. The Balaban J connectivity index is 2.31. The lowest BCUT2D eigenvalue weighted by molar-refractivity contribution is 0.0740. The van der Waals surface area contributed by atoms with Gasteiger partial charge in [-0.15, -0.1) is 0 Å². The molecule has 1 N–H and O–H groups in total. The summed E-state index contributed by atoms with van der Waals surface area (Å²) in [6.45, 7) is 8.12. The lowest BCUT2D eigenvalue weighted by Gasteiger charge is -2.31. The lowest BCUT2D eigenvalue weighted by Crippen LogP contribution is -2.38. The van der Waals surface area contributed by atoms with Gasteiger partial charge in [-0.25, -0.2) is 0 Å². The number of carbonyl (C=O) groups excluding carboxylic acids is 1. The molecule has 2 nitrogen and oxygen atoms in total. The molecule has 1 fully saturated rings. The highest BCUT2D eigenvalue weighted by molar-refractivity contribution is 6.01. The molecule has 2 heteroatoms. The third kappa shape index (κ3) is 2.14. The van der Waals surface area contributed by atoms with Crippen LogP contribution in [-0.4, -0.2) is 18.9 Å². The van der Waals surface area contributed by atoms with Gasteiger partial charge in [0.15, 0.2) is 5.78 Å². The van der Waals surface area contributed by atoms with E-state index in [2.05, 4.69) is 19.2 Å². The second-order valence-electron chi connectivity index (χ2n) is 5.43. The van der Waals surface area contributed by atoms with Gasteiger partial charge in [-0.3, -0.25) is 4.79 Å². The van der Waals surface area contributed by atoms with Crippen LogP contribution < -0.4 is 5.32 Å². The third-order valence-electron chi connectivity index (χ3n) is 4.06. The zero-order valence-electron chi connectivity index (χ0n) is 10.9. The smallest absolute Gasteiger partial charge is 0.170 e. The molecular weight excluding hydrogens is 210 g/mol. The van der Waals surface area contributed by atoms with Gasteiger partial charge in [-0.05, 0) is 25.8 Å². The van der Waals surface area contributed by atoms with Gasteiger partial charge in [0.2, 0.25) is 0 Å². The highest BCUT2D eigenvalue weighted by Gasteiger charge is 2.43. The maximum Gasteiger partial charge on any atom is 0.170 e. The molecule has 0 bridgehead atoms. The first-order valence-electron chi connectivity index (χ1n) is 6.38. The Bertz CT molecular complexity index is 399. The molecule has 1 heterocycles. The molecule has 0 spiro atoms. The van der Waals surface area contributed by atoms with E-state index in [4.69, 9.17) is 0 Å². The Morgan fingerprint density at radius 3 is 2.41 bits per heavy atom. The minimum atomic E-state index is -0.199. The number of ketones is 1. The molecule has 1 aromatic carbocycles. The maximum atomic E-state index is 12.7. The van der Waals surface area contributed by atoms with E-state index in [-0.39, 0.29) is 5.41 Å². The van der Waals surface area contributed by atoms with Crippen LogP contribution in [0.1, 0.15) is 36.2 Å². The van der Waals surface area contributed by atoms with Gasteiger partial charge in [-0.1, -0.05) is 43.7 Å². The van der Waals surface area contributed by atoms with Crippen LogP contribution in [0.4, 0.5) is 0 Å². The summed E-state index contributed by atoms with van der Waals surface area (Å²) in [5.74, 6) is 0.684. The first-order chi connectivity index (χ1) is 8.06. The van der Waals surface area contributed by atoms with Crippen molar-refractivity contribution in [3.8, 4) is 0 Å². The highest BCUT2D eigenvalue weighted by atomic mass is 16.1. The standard InChI is InChI=1S/C15H21NO/c1-11(2)15(8-9-16-10-15)14(17)13-6-4-12(3)5-7-13/h4-7,11,16H,8-10H2,1-3H3. The van der Waals surface area contributed by atoms with Crippen molar-refractivity contribution >= 4 is 5.78 Å². The molecule has 0 aromatic heterocycles. The van der Waals surface area contributed by atoms with E-state index >= 15 is 0 Å². The molecule has 1 saturated heterocycles. The number of rotatable bonds is 3. The topological polar surface area (TPSA) is 29.1 Å². The van der Waals surface area contributed by atoms with Crippen LogP contribution in [0.2, 0.25) is 0 Å². The lowest BCUT2D eigenvalue weighted by atomic mass is 9.71. The van der Waals surface area contributed by atoms with E-state index in [0.717, 1.165) is 25.1 Å². The Morgan fingerprint density at radius 1 is 1.29 bits per heavy atom. The Labute approximate surface area is 103 Å². The number of Topliss-reactive ketones (excluding diaryl/α,β-unsaturated/α-hetero) is 1. The third-order valence-corrected chi connectivity index (χ3v) is 4.06. The predicted octanol–water partition coefficient (Wildman–Crippen LogP) is 2.81. The van der Waals surface area contributed by atoms with Crippen molar-refractivity contribution in [3.63, 3.8) is 0 Å². The van der Waals surface area contributed by atoms with Gasteiger partial charge in [0.05, 0.1) is 0 Å². The summed E-state index contributed by atoms with van der Waals surface area (Å²) in [5.41, 5.74) is 1.85. The average Bonchev–Trinajstić information content (AvgIpc) is 2.79. The molecule has 1 unspecified atom stereocenters. The summed E-state index contributed by atoms with van der Waals surface area (Å²) >= 11 is 0. The normalized spacial score (nSPS) is 24.2. The molecule has 0 amide bonds. The van der Waals surface area contributed by atoms with E-state index in [1.807, 2.05) is 31.2 Å². The summed E-state index contributed by atoms with van der Waals surface area (Å²) in [5, 5.41) is 3.34. The Morgan fingerprint density at radius 2 is 1.94 bits per heavy atom. The van der Waals surface area contributed by atoms with E-state index in [0.29, 0.717) is 11.7 Å². The Hall–Kier alpha value is -1.15. The van der Waals surface area contributed by atoms with Crippen LogP contribution in [0, 0.1) is 18.3 Å². The number of hydrogen-bond donors (Lipinski definition) is 1. The van der Waals surface area contributed by atoms with E-state index < -0.39 is 0 Å². The monoisotopic (exact) mass is 231 g/mol. The highest BCUT2D eigenvalue weighted by Crippen LogP contribution is 2.37. The molecule has 92 valence electrons. The minimum absolute atomic E-state index is 0.199. The number of carbonyl (C=O) groups is 1. The second-order valence-corrected chi connectivity index (χ2v) is 5.43. The fraction of sp³-hybridized carbons (Fsp3) is 0.533. The number of benzene rings is 1. The van der Waals surface area contributed by atoms with E-state index in [9.17, 15) is 4.79 Å². The fourth-order valence-corrected chi connectivity index (χ4v) is 2.65. The van der Waals surface area contributed by atoms with Gasteiger partial charge in [0.25, 0.3) is 0 Å². The molecule has 0 saturated carbocycles. The molecule has 2 rings (SSSR count). The first-order valence-corrected chi connectivity index (χ1v) is 6.38. The first kappa shape index (κ1) is 12.3. The predicted molar refractivity (Wildman–Crippen MR) is 70.3 cm³/mol. The number of nitrogens with one attached hydrogen (secondary N) is 1. The summed E-state index contributed by atoms with van der Waals surface area (Å²) in [6, 6.07) is 7.95. The van der Waals surface area contributed by atoms with Crippen LogP contribution in [-0.2, 0) is 0 Å². The van der Waals surface area contributed by atoms with E-state index in [1.54, 1.807) is 0 Å². The maximum absolute atomic E-state index is 12.7. The molecular formula is C15H21NO. The van der Waals surface area contributed by atoms with Crippen LogP contribution in [0.15, 0.2) is 24.3 Å². The molecule has 17 heavy (non-hydrogen) atoms. The SMILES string of the molecule is Cc1ccc(C(=O)C2(C(C)C)CCNC2)cc1. The van der Waals surface area contributed by atoms with Gasteiger partial charge >= 0.3 is 0 Å². The van der Waals surface area contributed by atoms with Crippen molar-refractivity contribution in [2.75, 3.05) is 13.1 Å². The minimum Gasteiger partial charge on any atom is -0.316 e. The molecule has 0 radical (unpaired) electrons. The fourth-order valence-electron chi connectivity index (χ4n) is 2.65. The largest absolute Gasteiger partial charge is 0.316 e. The second kappa shape index (κ2) is 4.61. The van der Waals surface area contributed by atoms with Gasteiger partial charge in [0.1, 0.15) is 0 Å².